The maximum absolute atomic E-state index is 12.6. The average molecular weight is 146 g/mol. The molecule has 2 nitrogen and oxygen atoms in total. The van der Waals surface area contributed by atoms with Crippen molar-refractivity contribution in [2.24, 2.45) is 5.84 Å². The molecule has 4 heteroatoms. The van der Waals surface area contributed by atoms with Gasteiger partial charge in [-0.1, -0.05) is 18.2 Å². The van der Waals surface area contributed by atoms with Gasteiger partial charge < -0.3 is 0 Å². The van der Waals surface area contributed by atoms with E-state index in [1.54, 1.807) is 0 Å². The van der Waals surface area contributed by atoms with Crippen molar-refractivity contribution in [3.63, 3.8) is 0 Å². The number of hydrazine groups is 1. The zero-order valence-electron chi connectivity index (χ0n) is 5.22. The molecule has 0 heterocycles. The molecular formula is C6H8F2N2. The fourth-order valence-electron chi connectivity index (χ4n) is 0.758. The van der Waals surface area contributed by atoms with Crippen molar-refractivity contribution in [3.05, 3.63) is 24.3 Å². The summed E-state index contributed by atoms with van der Waals surface area (Å²) in [5, 5.41) is 0. The standard InChI is InChI=1S/C6H8F2N2/c7-6(8)4-2-1-3-5(6)10-9/h1-5,10H,9H2. The molecule has 1 aliphatic carbocycles. The van der Waals surface area contributed by atoms with Crippen molar-refractivity contribution >= 4 is 0 Å². The SMILES string of the molecule is NNC1C=CC=CC1(F)F. The average Bonchev–Trinajstić information content (AvgIpc) is 1.87. The first kappa shape index (κ1) is 7.37. The molecule has 0 spiro atoms. The summed E-state index contributed by atoms with van der Waals surface area (Å²) < 4.78 is 25.2. The third-order valence-corrected chi connectivity index (χ3v) is 1.33. The molecular weight excluding hydrogens is 138 g/mol. The monoisotopic (exact) mass is 146 g/mol. The molecule has 0 aromatic carbocycles. The first-order chi connectivity index (χ1) is 4.67. The van der Waals surface area contributed by atoms with Gasteiger partial charge in [-0.25, -0.2) is 5.43 Å². The Bertz CT molecular complexity index is 175. The fraction of sp³-hybridized carbons (Fsp3) is 0.333. The number of rotatable bonds is 1. The minimum absolute atomic E-state index is 0.817. The number of hydrogen-bond acceptors (Lipinski definition) is 2. The molecule has 0 amide bonds. The van der Waals surface area contributed by atoms with Crippen LogP contribution in [0.1, 0.15) is 0 Å². The highest BCUT2D eigenvalue weighted by Gasteiger charge is 2.35. The lowest BCUT2D eigenvalue weighted by Gasteiger charge is -2.22. The Morgan fingerprint density at radius 2 is 2.10 bits per heavy atom. The molecule has 56 valence electrons. The number of allylic oxidation sites excluding steroid dienone is 2. The third-order valence-electron chi connectivity index (χ3n) is 1.33. The van der Waals surface area contributed by atoms with Gasteiger partial charge in [0, 0.05) is 0 Å². The molecule has 1 rings (SSSR count). The van der Waals surface area contributed by atoms with E-state index in [1.165, 1.54) is 18.2 Å². The van der Waals surface area contributed by atoms with Gasteiger partial charge in [0.1, 0.15) is 6.04 Å². The Labute approximate surface area is 57.4 Å². The Hall–Kier alpha value is -0.740. The fourth-order valence-corrected chi connectivity index (χ4v) is 0.758. The largest absolute Gasteiger partial charge is 0.286 e. The molecule has 0 saturated carbocycles. The molecule has 0 radical (unpaired) electrons. The summed E-state index contributed by atoms with van der Waals surface area (Å²) in [6.45, 7) is 0. The smallest absolute Gasteiger partial charge is 0.271 e. The molecule has 3 N–H and O–H groups in total. The molecule has 1 aliphatic rings. The van der Waals surface area contributed by atoms with Crippen LogP contribution in [-0.2, 0) is 0 Å². The van der Waals surface area contributed by atoms with E-state index in [4.69, 9.17) is 5.84 Å². The van der Waals surface area contributed by atoms with E-state index < -0.39 is 12.0 Å². The van der Waals surface area contributed by atoms with Crippen LogP contribution in [0.15, 0.2) is 24.3 Å². The van der Waals surface area contributed by atoms with Gasteiger partial charge in [-0.05, 0) is 6.08 Å². The summed E-state index contributed by atoms with van der Waals surface area (Å²) in [5.74, 6) is 2.01. The maximum atomic E-state index is 12.6. The second-order valence-electron chi connectivity index (χ2n) is 2.06. The molecule has 10 heavy (non-hydrogen) atoms. The van der Waals surface area contributed by atoms with Crippen LogP contribution in [0.2, 0.25) is 0 Å². The zero-order chi connectivity index (χ0) is 7.61. The molecule has 1 unspecified atom stereocenters. The predicted octanol–water partition coefficient (Wildman–Crippen LogP) is 0.580. The Morgan fingerprint density at radius 3 is 2.50 bits per heavy atom. The lowest BCUT2D eigenvalue weighted by atomic mass is 10.1. The van der Waals surface area contributed by atoms with Gasteiger partial charge in [0.25, 0.3) is 5.92 Å². The van der Waals surface area contributed by atoms with E-state index in [0.29, 0.717) is 0 Å². The normalized spacial score (nSPS) is 28.9. The van der Waals surface area contributed by atoms with Crippen LogP contribution in [0, 0.1) is 0 Å². The van der Waals surface area contributed by atoms with Crippen molar-refractivity contribution in [1.29, 1.82) is 0 Å². The van der Waals surface area contributed by atoms with E-state index in [0.717, 1.165) is 6.08 Å². The van der Waals surface area contributed by atoms with Gasteiger partial charge in [0.2, 0.25) is 0 Å². The van der Waals surface area contributed by atoms with Crippen molar-refractivity contribution in [2.75, 3.05) is 0 Å². The van der Waals surface area contributed by atoms with Crippen LogP contribution in [-0.4, -0.2) is 12.0 Å². The number of alkyl halides is 2. The summed E-state index contributed by atoms with van der Waals surface area (Å²) in [7, 11) is 0. The van der Waals surface area contributed by atoms with Crippen molar-refractivity contribution in [3.8, 4) is 0 Å². The molecule has 0 fully saturated rings. The summed E-state index contributed by atoms with van der Waals surface area (Å²) in [6.07, 6.45) is 4.97. The van der Waals surface area contributed by atoms with Crippen LogP contribution >= 0.6 is 0 Å². The van der Waals surface area contributed by atoms with Crippen molar-refractivity contribution in [1.82, 2.24) is 5.43 Å². The third kappa shape index (κ3) is 1.22. The van der Waals surface area contributed by atoms with Gasteiger partial charge in [-0.2, -0.15) is 8.78 Å². The molecule has 0 aromatic heterocycles. The number of hydrogen-bond donors (Lipinski definition) is 2. The second kappa shape index (κ2) is 2.48. The Balaban J connectivity index is 2.74. The van der Waals surface area contributed by atoms with Gasteiger partial charge in [-0.3, -0.25) is 5.84 Å². The highest BCUT2D eigenvalue weighted by Crippen LogP contribution is 2.23. The number of nitrogens with two attached hydrogens (primary N) is 1. The van der Waals surface area contributed by atoms with E-state index in [1.807, 2.05) is 5.43 Å². The van der Waals surface area contributed by atoms with Crippen molar-refractivity contribution < 1.29 is 8.78 Å². The lowest BCUT2D eigenvalue weighted by molar-refractivity contribution is 0.0278. The number of halogens is 2. The van der Waals surface area contributed by atoms with Gasteiger partial charge in [0.15, 0.2) is 0 Å². The first-order valence-corrected chi connectivity index (χ1v) is 2.87. The predicted molar refractivity (Wildman–Crippen MR) is 34.3 cm³/mol. The molecule has 0 saturated heterocycles. The Morgan fingerprint density at radius 1 is 1.40 bits per heavy atom. The quantitative estimate of drug-likeness (QED) is 0.419. The molecule has 0 aliphatic heterocycles. The zero-order valence-corrected chi connectivity index (χ0v) is 5.22. The van der Waals surface area contributed by atoms with Crippen LogP contribution in [0.25, 0.3) is 0 Å². The molecule has 0 aromatic rings. The van der Waals surface area contributed by atoms with Crippen LogP contribution < -0.4 is 11.3 Å². The minimum atomic E-state index is -2.86. The van der Waals surface area contributed by atoms with E-state index in [-0.39, 0.29) is 0 Å². The highest BCUT2D eigenvalue weighted by atomic mass is 19.3. The van der Waals surface area contributed by atoms with Gasteiger partial charge in [-0.15, -0.1) is 0 Å². The van der Waals surface area contributed by atoms with Gasteiger partial charge in [0.05, 0.1) is 0 Å². The minimum Gasteiger partial charge on any atom is -0.271 e. The van der Waals surface area contributed by atoms with Crippen LogP contribution in [0.5, 0.6) is 0 Å². The summed E-state index contributed by atoms with van der Waals surface area (Å²) >= 11 is 0. The Kier molecular flexibility index (Phi) is 1.82. The second-order valence-corrected chi connectivity index (χ2v) is 2.06. The molecule has 0 bridgehead atoms. The van der Waals surface area contributed by atoms with Gasteiger partial charge >= 0.3 is 0 Å². The van der Waals surface area contributed by atoms with E-state index >= 15 is 0 Å². The van der Waals surface area contributed by atoms with E-state index in [9.17, 15) is 8.78 Å². The molecule has 1 atom stereocenters. The van der Waals surface area contributed by atoms with E-state index in [2.05, 4.69) is 0 Å². The van der Waals surface area contributed by atoms with Crippen LogP contribution in [0.3, 0.4) is 0 Å². The lowest BCUT2D eigenvalue weighted by Crippen LogP contribution is -2.46. The first-order valence-electron chi connectivity index (χ1n) is 2.87. The number of nitrogens with one attached hydrogen (secondary N) is 1. The topological polar surface area (TPSA) is 38.0 Å². The van der Waals surface area contributed by atoms with Crippen molar-refractivity contribution in [2.45, 2.75) is 12.0 Å². The summed E-state index contributed by atoms with van der Waals surface area (Å²) in [6, 6.07) is -1.07. The summed E-state index contributed by atoms with van der Waals surface area (Å²) in [5.41, 5.74) is 2.01. The summed E-state index contributed by atoms with van der Waals surface area (Å²) in [4.78, 5) is 0. The van der Waals surface area contributed by atoms with Crippen LogP contribution in [0.4, 0.5) is 8.78 Å². The highest BCUT2D eigenvalue weighted by molar-refractivity contribution is 5.21. The maximum Gasteiger partial charge on any atom is 0.286 e.